The number of nitrogens with one attached hydrogen (secondary N) is 1. The zero-order valence-electron chi connectivity index (χ0n) is 22.9. The summed E-state index contributed by atoms with van der Waals surface area (Å²) >= 11 is 0. The minimum absolute atomic E-state index is 0.0702. The number of hydrogen-bond acceptors (Lipinski definition) is 8. The van der Waals surface area contributed by atoms with E-state index < -0.39 is 29.6 Å². The number of carbonyl (C=O) groups is 2. The molecule has 220 valence electrons. The fraction of sp³-hybridized carbons (Fsp3) is 0.290. The Kier molecular flexibility index (Phi) is 11.1. The smallest absolute Gasteiger partial charge is 0.408 e. The highest BCUT2D eigenvalue weighted by molar-refractivity contribution is 5.98. The molecule has 1 amide bonds. The quantitative estimate of drug-likeness (QED) is 0.146. The lowest BCUT2D eigenvalue weighted by atomic mass is 10.0. The molecular weight excluding hydrogens is 546 g/mol. The van der Waals surface area contributed by atoms with Crippen molar-refractivity contribution in [1.29, 1.82) is 0 Å². The lowest BCUT2D eigenvalue weighted by Gasteiger charge is -2.16. The molecule has 3 N–H and O–H groups in total. The molecule has 0 fully saturated rings. The molecule has 42 heavy (non-hydrogen) atoms. The van der Waals surface area contributed by atoms with E-state index in [9.17, 15) is 18.4 Å². The van der Waals surface area contributed by atoms with E-state index in [0.717, 1.165) is 23.3 Å². The van der Waals surface area contributed by atoms with Crippen LogP contribution in [0.5, 0.6) is 5.75 Å². The molecule has 3 aromatic carbocycles. The maximum absolute atomic E-state index is 13.4. The van der Waals surface area contributed by atoms with Gasteiger partial charge in [-0.25, -0.2) is 13.6 Å². The van der Waals surface area contributed by atoms with Gasteiger partial charge in [0.15, 0.2) is 11.6 Å². The van der Waals surface area contributed by atoms with E-state index in [-0.39, 0.29) is 24.7 Å². The molecule has 0 aliphatic heterocycles. The molecule has 4 rings (SSSR count). The van der Waals surface area contributed by atoms with Gasteiger partial charge in [-0.15, -0.1) is 0 Å². The Bertz CT molecular complexity index is 1450. The second kappa shape index (κ2) is 15.4. The number of ether oxygens (including phenoxy) is 2. The molecule has 0 spiro atoms. The number of Topliss-reactive ketones (excluding diaryl/α,β-unsaturated/α-hetero) is 1. The molecule has 9 nitrogen and oxygen atoms in total. The highest BCUT2D eigenvalue weighted by Crippen LogP contribution is 2.17. The Balaban J connectivity index is 1.29. The molecule has 0 aliphatic rings. The molecule has 1 atom stereocenters. The fourth-order valence-corrected chi connectivity index (χ4v) is 4.11. The van der Waals surface area contributed by atoms with Gasteiger partial charge in [-0.3, -0.25) is 4.79 Å². The van der Waals surface area contributed by atoms with Gasteiger partial charge in [0.25, 0.3) is 0 Å². The number of aromatic nitrogens is 2. The summed E-state index contributed by atoms with van der Waals surface area (Å²) in [5, 5.41) is 6.45. The highest BCUT2D eigenvalue weighted by atomic mass is 19.2. The normalized spacial score (nSPS) is 11.6. The van der Waals surface area contributed by atoms with Gasteiger partial charge >= 0.3 is 6.09 Å². The summed E-state index contributed by atoms with van der Waals surface area (Å²) in [5.41, 5.74) is 7.89. The van der Waals surface area contributed by atoms with E-state index in [1.807, 2.05) is 42.5 Å². The van der Waals surface area contributed by atoms with Crippen LogP contribution in [0.1, 0.15) is 52.5 Å². The van der Waals surface area contributed by atoms with Crippen LogP contribution in [-0.4, -0.2) is 41.2 Å². The van der Waals surface area contributed by atoms with Crippen molar-refractivity contribution in [3.05, 3.63) is 113 Å². The molecule has 4 aromatic rings. The van der Waals surface area contributed by atoms with Gasteiger partial charge in [0.05, 0.1) is 19.1 Å². The Morgan fingerprint density at radius 2 is 1.69 bits per heavy atom. The average molecular weight is 579 g/mol. The first-order chi connectivity index (χ1) is 20.4. The van der Waals surface area contributed by atoms with Crippen molar-refractivity contribution in [2.75, 3.05) is 13.2 Å². The zero-order valence-corrected chi connectivity index (χ0v) is 22.9. The van der Waals surface area contributed by atoms with Crippen molar-refractivity contribution in [3.8, 4) is 5.75 Å². The van der Waals surface area contributed by atoms with Crippen LogP contribution in [0.2, 0.25) is 0 Å². The van der Waals surface area contributed by atoms with E-state index in [4.69, 9.17) is 19.7 Å². The van der Waals surface area contributed by atoms with Crippen LogP contribution < -0.4 is 15.8 Å². The molecule has 1 aromatic heterocycles. The molecule has 0 aliphatic carbocycles. The van der Waals surface area contributed by atoms with E-state index in [0.29, 0.717) is 50.1 Å². The number of ketones is 1. The Hall–Kier alpha value is -4.64. The fourth-order valence-electron chi connectivity index (χ4n) is 4.11. The summed E-state index contributed by atoms with van der Waals surface area (Å²) in [5.74, 6) is -1.55. The van der Waals surface area contributed by atoms with Crippen molar-refractivity contribution >= 4 is 11.9 Å². The number of hydrogen-bond donors (Lipinski definition) is 2. The van der Waals surface area contributed by atoms with Crippen LogP contribution in [0.15, 0.2) is 77.3 Å². The molecule has 0 bridgehead atoms. The minimum Gasteiger partial charge on any atom is -0.493 e. The molecule has 1 heterocycles. The van der Waals surface area contributed by atoms with Gasteiger partial charge < -0.3 is 25.0 Å². The first-order valence-corrected chi connectivity index (χ1v) is 13.6. The molecule has 1 unspecified atom stereocenters. The lowest BCUT2D eigenvalue weighted by molar-refractivity contribution is 0.0896. The van der Waals surface area contributed by atoms with Crippen LogP contribution >= 0.6 is 0 Å². The largest absolute Gasteiger partial charge is 0.493 e. The first kappa shape index (κ1) is 30.3. The lowest BCUT2D eigenvalue weighted by Crippen LogP contribution is -2.41. The number of halogens is 2. The van der Waals surface area contributed by atoms with Gasteiger partial charge in [0, 0.05) is 6.42 Å². The first-order valence-electron chi connectivity index (χ1n) is 13.6. The summed E-state index contributed by atoms with van der Waals surface area (Å²) in [6, 6.07) is 19.2. The Morgan fingerprint density at radius 1 is 0.929 bits per heavy atom. The molecule has 0 saturated heterocycles. The second-order valence-electron chi connectivity index (χ2n) is 9.59. The van der Waals surface area contributed by atoms with Crippen LogP contribution in [0, 0.1) is 11.6 Å². The molecule has 0 saturated carbocycles. The number of amides is 1. The van der Waals surface area contributed by atoms with Gasteiger partial charge in [-0.1, -0.05) is 53.7 Å². The maximum atomic E-state index is 13.4. The monoisotopic (exact) mass is 578 g/mol. The number of rotatable bonds is 15. The van der Waals surface area contributed by atoms with Crippen molar-refractivity contribution < 1.29 is 32.4 Å². The van der Waals surface area contributed by atoms with Gasteiger partial charge in [-0.2, -0.15) is 4.98 Å². The number of benzene rings is 3. The average Bonchev–Trinajstić information content (AvgIpc) is 3.47. The zero-order chi connectivity index (χ0) is 29.7. The third kappa shape index (κ3) is 9.20. The van der Waals surface area contributed by atoms with Crippen molar-refractivity contribution in [2.45, 2.75) is 44.8 Å². The Labute approximate surface area is 242 Å². The maximum Gasteiger partial charge on any atom is 0.408 e. The van der Waals surface area contributed by atoms with Crippen LogP contribution in [0.25, 0.3) is 0 Å². The van der Waals surface area contributed by atoms with E-state index in [1.54, 1.807) is 12.1 Å². The standard InChI is InChI=1S/C31H32F2N4O5/c32-25-14-11-22(18-26(25)33)15-17-40-24-12-9-21(10-13-24)19-28-36-30(37-42-28)29(38)27(8-4-5-16-34)35-31(39)41-20-23-6-2-1-3-7-23/h1-3,6-7,9-14,18,27H,4-5,8,15-17,19-20,34H2,(H,35,39). The summed E-state index contributed by atoms with van der Waals surface area (Å²) in [7, 11) is 0. The van der Waals surface area contributed by atoms with Crippen molar-refractivity contribution in [3.63, 3.8) is 0 Å². The number of carbonyl (C=O) groups excluding carboxylic acids is 2. The molecule has 0 radical (unpaired) electrons. The third-order valence-electron chi connectivity index (χ3n) is 6.38. The SMILES string of the molecule is NCCCCC(NC(=O)OCc1ccccc1)C(=O)c1noc(Cc2ccc(OCCc3ccc(F)c(F)c3)cc2)n1. The number of nitrogens with zero attached hydrogens (tertiary/aromatic N) is 2. The number of alkyl carbamates (subject to hydrolysis) is 1. The predicted octanol–water partition coefficient (Wildman–Crippen LogP) is 5.17. The number of unbranched alkanes of at least 4 members (excludes halogenated alkanes) is 1. The van der Waals surface area contributed by atoms with E-state index in [2.05, 4.69) is 15.5 Å². The molecule has 11 heteroatoms. The second-order valence-corrected chi connectivity index (χ2v) is 9.59. The summed E-state index contributed by atoms with van der Waals surface area (Å²) in [6.07, 6.45) is 1.63. The van der Waals surface area contributed by atoms with Gasteiger partial charge in [0.2, 0.25) is 17.5 Å². The summed E-state index contributed by atoms with van der Waals surface area (Å²) in [4.78, 5) is 29.8. The van der Waals surface area contributed by atoms with Crippen LogP contribution in [0.4, 0.5) is 13.6 Å². The Morgan fingerprint density at radius 3 is 2.43 bits per heavy atom. The summed E-state index contributed by atoms with van der Waals surface area (Å²) < 4.78 is 42.7. The van der Waals surface area contributed by atoms with Crippen LogP contribution in [-0.2, 0) is 24.2 Å². The van der Waals surface area contributed by atoms with Gasteiger partial charge in [-0.05, 0) is 66.8 Å². The topological polar surface area (TPSA) is 130 Å². The number of nitrogens with two attached hydrogens (primary N) is 1. The van der Waals surface area contributed by atoms with Gasteiger partial charge in [0.1, 0.15) is 12.4 Å². The van der Waals surface area contributed by atoms with E-state index in [1.165, 1.54) is 6.07 Å². The minimum atomic E-state index is -0.895. The van der Waals surface area contributed by atoms with Crippen molar-refractivity contribution in [1.82, 2.24) is 15.5 Å². The predicted molar refractivity (Wildman–Crippen MR) is 150 cm³/mol. The summed E-state index contributed by atoms with van der Waals surface area (Å²) in [6.45, 7) is 0.824. The molecular formula is C31H32F2N4O5. The van der Waals surface area contributed by atoms with E-state index >= 15 is 0 Å². The van der Waals surface area contributed by atoms with Crippen molar-refractivity contribution in [2.24, 2.45) is 5.73 Å². The van der Waals surface area contributed by atoms with Crippen LogP contribution in [0.3, 0.4) is 0 Å². The third-order valence-corrected chi connectivity index (χ3v) is 6.38. The highest BCUT2D eigenvalue weighted by Gasteiger charge is 2.27.